The van der Waals surface area contributed by atoms with Crippen molar-refractivity contribution >= 4 is 23.5 Å². The van der Waals surface area contributed by atoms with Crippen LogP contribution in [0.5, 0.6) is 0 Å². The molecule has 2 aliphatic heterocycles. The highest BCUT2D eigenvalue weighted by atomic mass is 16.5. The summed E-state index contributed by atoms with van der Waals surface area (Å²) in [5.41, 5.74) is 5.23. The van der Waals surface area contributed by atoms with E-state index in [1.54, 1.807) is 0 Å². The Morgan fingerprint density at radius 3 is 2.90 bits per heavy atom. The number of esters is 1. The molecule has 4 aliphatic rings. The highest BCUT2D eigenvalue weighted by Gasteiger charge is 2.68. The van der Waals surface area contributed by atoms with Crippen molar-refractivity contribution in [1.82, 2.24) is 9.97 Å². The molecule has 2 aromatic rings. The average molecular weight is 404 g/mol. The second kappa shape index (κ2) is 6.03. The van der Waals surface area contributed by atoms with Crippen LogP contribution in [0, 0.1) is 5.92 Å². The summed E-state index contributed by atoms with van der Waals surface area (Å²) >= 11 is 0. The van der Waals surface area contributed by atoms with Crippen LogP contribution in [0.2, 0.25) is 0 Å². The van der Waals surface area contributed by atoms with Gasteiger partial charge in [0.1, 0.15) is 0 Å². The third kappa shape index (κ3) is 2.26. The lowest BCUT2D eigenvalue weighted by Gasteiger charge is -2.39. The number of nitrogens with zero attached hydrogens (tertiary/aromatic N) is 3. The maximum absolute atomic E-state index is 12.8. The number of fused-ring (bicyclic) bond motifs is 3. The van der Waals surface area contributed by atoms with Gasteiger partial charge in [0.15, 0.2) is 0 Å². The van der Waals surface area contributed by atoms with E-state index in [0.29, 0.717) is 12.5 Å². The maximum atomic E-state index is 12.8. The number of benzene rings is 1. The van der Waals surface area contributed by atoms with Gasteiger partial charge < -0.3 is 15.0 Å². The molecule has 0 bridgehead atoms. The van der Waals surface area contributed by atoms with Gasteiger partial charge in [-0.25, -0.2) is 9.97 Å². The lowest BCUT2D eigenvalue weighted by atomic mass is 9.92. The first-order valence-electron chi connectivity index (χ1n) is 10.7. The van der Waals surface area contributed by atoms with Crippen LogP contribution >= 0.6 is 0 Å². The van der Waals surface area contributed by atoms with Gasteiger partial charge in [-0.3, -0.25) is 9.59 Å². The molecule has 1 N–H and O–H groups in total. The van der Waals surface area contributed by atoms with E-state index in [-0.39, 0.29) is 11.9 Å². The van der Waals surface area contributed by atoms with E-state index in [2.05, 4.69) is 23.2 Å². The number of aromatic nitrogens is 2. The molecular weight excluding hydrogens is 380 g/mol. The second-order valence-corrected chi connectivity index (χ2v) is 8.95. The standard InChI is InChI=1S/C23H24N4O3/c1-12-8-9-27(12)22-25-17-5-3-4-14(17)19(26-22)13-6-7-18-15(10-13)23(21(29)24-18)11-16(23)20(28)30-2/h6-7,10,12,16H,3-5,8-9,11H2,1-2H3,(H,24,29)/t12-,16-,23-/m0/s1. The number of hydrogen-bond donors (Lipinski definition) is 1. The summed E-state index contributed by atoms with van der Waals surface area (Å²) in [5.74, 6) is -0.0197. The van der Waals surface area contributed by atoms with Crippen molar-refractivity contribution in [3.05, 3.63) is 35.0 Å². The molecule has 3 atom stereocenters. The van der Waals surface area contributed by atoms with Crippen molar-refractivity contribution in [2.75, 3.05) is 23.9 Å². The highest BCUT2D eigenvalue weighted by molar-refractivity contribution is 6.12. The van der Waals surface area contributed by atoms with Crippen LogP contribution in [0.4, 0.5) is 11.6 Å². The predicted octanol–water partition coefficient (Wildman–Crippen LogP) is 2.61. The Hall–Kier alpha value is -2.96. The van der Waals surface area contributed by atoms with E-state index >= 15 is 0 Å². The molecule has 3 heterocycles. The molecule has 7 nitrogen and oxygen atoms in total. The Balaban J connectivity index is 1.46. The summed E-state index contributed by atoms with van der Waals surface area (Å²) < 4.78 is 4.93. The van der Waals surface area contributed by atoms with Crippen molar-refractivity contribution in [3.8, 4) is 11.3 Å². The average Bonchev–Trinajstić information content (AvgIpc) is 3.21. The Bertz CT molecular complexity index is 1110. The zero-order valence-electron chi connectivity index (χ0n) is 17.2. The van der Waals surface area contributed by atoms with Crippen molar-refractivity contribution in [2.45, 2.75) is 50.5 Å². The van der Waals surface area contributed by atoms with Gasteiger partial charge in [-0.2, -0.15) is 0 Å². The SMILES string of the molecule is COC(=O)[C@@H]1C[C@@]12C(=O)Nc1ccc(-c3nc(N4CC[C@@H]4C)nc4c3CCC4)cc12. The van der Waals surface area contributed by atoms with Crippen LogP contribution in [-0.4, -0.2) is 41.5 Å². The zero-order chi connectivity index (χ0) is 20.6. The number of nitrogens with one attached hydrogen (secondary N) is 1. The van der Waals surface area contributed by atoms with Crippen LogP contribution in [0.3, 0.4) is 0 Å². The van der Waals surface area contributed by atoms with Crippen molar-refractivity contribution in [3.63, 3.8) is 0 Å². The van der Waals surface area contributed by atoms with E-state index in [9.17, 15) is 9.59 Å². The Morgan fingerprint density at radius 1 is 1.30 bits per heavy atom. The smallest absolute Gasteiger partial charge is 0.310 e. The number of hydrogen-bond acceptors (Lipinski definition) is 6. The molecule has 1 spiro atoms. The fourth-order valence-electron chi connectivity index (χ4n) is 5.36. The molecule has 154 valence electrons. The molecular formula is C23H24N4O3. The summed E-state index contributed by atoms with van der Waals surface area (Å²) in [6.45, 7) is 3.20. The van der Waals surface area contributed by atoms with Gasteiger partial charge in [-0.05, 0) is 56.7 Å². The van der Waals surface area contributed by atoms with E-state index in [1.807, 2.05) is 12.1 Å². The Kier molecular flexibility index (Phi) is 3.59. The first-order chi connectivity index (χ1) is 14.5. The third-order valence-corrected chi connectivity index (χ3v) is 7.37. The van der Waals surface area contributed by atoms with Gasteiger partial charge >= 0.3 is 5.97 Å². The first-order valence-corrected chi connectivity index (χ1v) is 10.7. The summed E-state index contributed by atoms with van der Waals surface area (Å²) in [6, 6.07) is 6.49. The number of rotatable bonds is 3. The molecule has 30 heavy (non-hydrogen) atoms. The van der Waals surface area contributed by atoms with Crippen LogP contribution in [0.15, 0.2) is 18.2 Å². The van der Waals surface area contributed by atoms with Crippen molar-refractivity contribution in [2.24, 2.45) is 5.92 Å². The third-order valence-electron chi connectivity index (χ3n) is 7.37. The summed E-state index contributed by atoms with van der Waals surface area (Å²) in [6.07, 6.45) is 4.72. The fourth-order valence-corrected chi connectivity index (χ4v) is 5.36. The number of amides is 1. The molecule has 2 fully saturated rings. The minimum atomic E-state index is -0.788. The molecule has 1 saturated carbocycles. The van der Waals surface area contributed by atoms with Crippen molar-refractivity contribution in [1.29, 1.82) is 0 Å². The maximum Gasteiger partial charge on any atom is 0.310 e. The quantitative estimate of drug-likeness (QED) is 0.792. The van der Waals surface area contributed by atoms with E-state index in [4.69, 9.17) is 14.7 Å². The number of aryl methyl sites for hydroxylation is 1. The van der Waals surface area contributed by atoms with E-state index < -0.39 is 11.3 Å². The van der Waals surface area contributed by atoms with Gasteiger partial charge in [-0.15, -0.1) is 0 Å². The number of anilines is 2. The molecule has 6 rings (SSSR count). The minimum Gasteiger partial charge on any atom is -0.469 e. The van der Waals surface area contributed by atoms with Crippen molar-refractivity contribution < 1.29 is 14.3 Å². The van der Waals surface area contributed by atoms with Gasteiger partial charge in [0.05, 0.1) is 24.1 Å². The summed E-state index contributed by atoms with van der Waals surface area (Å²) in [4.78, 5) is 37.0. The zero-order valence-corrected chi connectivity index (χ0v) is 17.2. The minimum absolute atomic E-state index is 0.104. The molecule has 1 amide bonds. The molecule has 0 unspecified atom stereocenters. The molecule has 1 aromatic carbocycles. The second-order valence-electron chi connectivity index (χ2n) is 8.95. The lowest BCUT2D eigenvalue weighted by molar-refractivity contribution is -0.143. The largest absolute Gasteiger partial charge is 0.469 e. The number of ether oxygens (including phenoxy) is 1. The summed E-state index contributed by atoms with van der Waals surface area (Å²) in [7, 11) is 1.38. The van der Waals surface area contributed by atoms with Gasteiger partial charge in [0, 0.05) is 35.1 Å². The number of carbonyl (C=O) groups excluding carboxylic acids is 2. The molecule has 1 saturated heterocycles. The number of carbonyl (C=O) groups is 2. The predicted molar refractivity (Wildman–Crippen MR) is 111 cm³/mol. The van der Waals surface area contributed by atoms with E-state index in [1.165, 1.54) is 19.1 Å². The van der Waals surface area contributed by atoms with Crippen LogP contribution < -0.4 is 10.2 Å². The van der Waals surface area contributed by atoms with Gasteiger partial charge in [0.2, 0.25) is 11.9 Å². The topological polar surface area (TPSA) is 84.4 Å². The Labute approximate surface area is 174 Å². The monoisotopic (exact) mass is 404 g/mol. The van der Waals surface area contributed by atoms with Crippen LogP contribution in [0.25, 0.3) is 11.3 Å². The van der Waals surface area contributed by atoms with Crippen LogP contribution in [-0.2, 0) is 32.6 Å². The van der Waals surface area contributed by atoms with Gasteiger partial charge in [0.25, 0.3) is 0 Å². The molecule has 7 heteroatoms. The molecule has 1 aromatic heterocycles. The lowest BCUT2D eigenvalue weighted by Crippen LogP contribution is -2.46. The molecule has 0 radical (unpaired) electrons. The van der Waals surface area contributed by atoms with E-state index in [0.717, 1.165) is 60.0 Å². The highest BCUT2D eigenvalue weighted by Crippen LogP contribution is 2.60. The molecule has 2 aliphatic carbocycles. The summed E-state index contributed by atoms with van der Waals surface area (Å²) in [5, 5.41) is 2.96. The fraction of sp³-hybridized carbons (Fsp3) is 0.478. The normalized spacial score (nSPS) is 28.1. The van der Waals surface area contributed by atoms with Crippen LogP contribution in [0.1, 0.15) is 43.0 Å². The Morgan fingerprint density at radius 2 is 2.17 bits per heavy atom. The first kappa shape index (κ1) is 17.9. The van der Waals surface area contributed by atoms with Gasteiger partial charge in [-0.1, -0.05) is 6.07 Å². The number of methoxy groups -OCH3 is 1.